The lowest BCUT2D eigenvalue weighted by Crippen LogP contribution is -2.13. The van der Waals surface area contributed by atoms with Gasteiger partial charge in [-0.25, -0.2) is 4.39 Å². The van der Waals surface area contributed by atoms with Crippen molar-refractivity contribution in [3.8, 4) is 0 Å². The fourth-order valence-corrected chi connectivity index (χ4v) is 2.40. The second kappa shape index (κ2) is 5.98. The zero-order valence-corrected chi connectivity index (χ0v) is 11.0. The summed E-state index contributed by atoms with van der Waals surface area (Å²) < 4.78 is 12.7. The van der Waals surface area contributed by atoms with Gasteiger partial charge in [0.15, 0.2) is 0 Å². The van der Waals surface area contributed by atoms with Gasteiger partial charge in [-0.2, -0.15) is 0 Å². The predicted molar refractivity (Wildman–Crippen MR) is 73.0 cm³/mol. The summed E-state index contributed by atoms with van der Waals surface area (Å²) in [5.41, 5.74) is 8.09. The largest absolute Gasteiger partial charge is 0.323 e. The molecule has 1 unspecified atom stereocenters. The minimum atomic E-state index is -0.216. The van der Waals surface area contributed by atoms with Crippen LogP contribution >= 0.6 is 11.8 Å². The third-order valence-electron chi connectivity index (χ3n) is 2.61. The lowest BCUT2D eigenvalue weighted by atomic mass is 10.1. The van der Waals surface area contributed by atoms with Gasteiger partial charge in [0.2, 0.25) is 0 Å². The first-order chi connectivity index (χ1) is 8.65. The molecule has 0 fully saturated rings. The average Bonchev–Trinajstić information content (AvgIpc) is 2.38. The summed E-state index contributed by atoms with van der Waals surface area (Å²) in [5.74, 6) is 0.530. The molecule has 1 atom stereocenters. The van der Waals surface area contributed by atoms with Crippen molar-refractivity contribution in [1.82, 2.24) is 4.98 Å². The number of nitrogens with two attached hydrogens (primary N) is 1. The van der Waals surface area contributed by atoms with E-state index in [-0.39, 0.29) is 11.9 Å². The highest BCUT2D eigenvalue weighted by Gasteiger charge is 2.07. The predicted octanol–water partition coefficient (Wildman–Crippen LogP) is 3.32. The van der Waals surface area contributed by atoms with Crippen LogP contribution in [0.1, 0.15) is 17.3 Å². The number of benzene rings is 1. The average molecular weight is 262 g/mol. The van der Waals surface area contributed by atoms with Gasteiger partial charge in [0.05, 0.1) is 0 Å². The molecule has 1 heterocycles. The summed E-state index contributed by atoms with van der Waals surface area (Å²) in [6.07, 6.45) is 1.81. The lowest BCUT2D eigenvalue weighted by molar-refractivity contribution is 0.626. The van der Waals surface area contributed by atoms with Crippen molar-refractivity contribution < 1.29 is 4.39 Å². The summed E-state index contributed by atoms with van der Waals surface area (Å²) >= 11 is 1.62. The third kappa shape index (κ3) is 3.55. The van der Waals surface area contributed by atoms with Crippen molar-refractivity contribution in [2.75, 3.05) is 5.75 Å². The van der Waals surface area contributed by atoms with Crippen molar-refractivity contribution in [2.24, 2.45) is 5.73 Å². The molecule has 0 bridgehead atoms. The molecule has 0 saturated carbocycles. The highest BCUT2D eigenvalue weighted by atomic mass is 32.2. The highest BCUT2D eigenvalue weighted by Crippen LogP contribution is 2.23. The van der Waals surface area contributed by atoms with Gasteiger partial charge in [0.25, 0.3) is 0 Å². The van der Waals surface area contributed by atoms with Gasteiger partial charge in [-0.05, 0) is 42.8 Å². The topological polar surface area (TPSA) is 38.9 Å². The van der Waals surface area contributed by atoms with Crippen molar-refractivity contribution >= 4 is 11.8 Å². The lowest BCUT2D eigenvalue weighted by Gasteiger charge is -2.11. The van der Waals surface area contributed by atoms with Crippen LogP contribution in [0, 0.1) is 12.7 Å². The van der Waals surface area contributed by atoms with Crippen molar-refractivity contribution in [3.63, 3.8) is 0 Å². The van der Waals surface area contributed by atoms with Gasteiger partial charge < -0.3 is 5.73 Å². The van der Waals surface area contributed by atoms with Gasteiger partial charge >= 0.3 is 0 Å². The zero-order valence-electron chi connectivity index (χ0n) is 10.1. The molecule has 0 aliphatic carbocycles. The van der Waals surface area contributed by atoms with E-state index in [0.717, 1.165) is 21.9 Å². The van der Waals surface area contributed by atoms with Crippen molar-refractivity contribution in [1.29, 1.82) is 0 Å². The van der Waals surface area contributed by atoms with Crippen LogP contribution < -0.4 is 5.73 Å². The number of halogens is 1. The van der Waals surface area contributed by atoms with Gasteiger partial charge in [-0.3, -0.25) is 4.98 Å². The smallest absolute Gasteiger partial charge is 0.123 e. The number of pyridine rings is 1. The van der Waals surface area contributed by atoms with Crippen LogP contribution in [0.5, 0.6) is 0 Å². The number of thioether (sulfide) groups is 1. The molecule has 0 aliphatic heterocycles. The number of nitrogens with zero attached hydrogens (tertiary/aromatic N) is 1. The van der Waals surface area contributed by atoms with Crippen LogP contribution in [0.4, 0.5) is 4.39 Å². The maximum absolute atomic E-state index is 12.7. The Morgan fingerprint density at radius 1 is 1.22 bits per heavy atom. The van der Waals surface area contributed by atoms with Crippen LogP contribution in [-0.4, -0.2) is 10.7 Å². The highest BCUT2D eigenvalue weighted by molar-refractivity contribution is 7.99. The normalized spacial score (nSPS) is 12.4. The van der Waals surface area contributed by atoms with Gasteiger partial charge in [0.1, 0.15) is 5.82 Å². The fourth-order valence-electron chi connectivity index (χ4n) is 1.51. The van der Waals surface area contributed by atoms with E-state index < -0.39 is 0 Å². The molecule has 0 saturated heterocycles. The Morgan fingerprint density at radius 2 is 1.94 bits per heavy atom. The van der Waals surface area contributed by atoms with Crippen LogP contribution in [0.25, 0.3) is 0 Å². The first kappa shape index (κ1) is 13.1. The molecule has 18 heavy (non-hydrogen) atoms. The molecule has 2 aromatic rings. The Bertz CT molecular complexity index is 496. The molecule has 0 spiro atoms. The molecule has 0 aliphatic rings. The third-order valence-corrected chi connectivity index (χ3v) is 3.74. The van der Waals surface area contributed by atoms with E-state index in [9.17, 15) is 4.39 Å². The Hall–Kier alpha value is -1.39. The van der Waals surface area contributed by atoms with E-state index in [4.69, 9.17) is 5.73 Å². The van der Waals surface area contributed by atoms with E-state index in [1.54, 1.807) is 23.9 Å². The number of aromatic nitrogens is 1. The summed E-state index contributed by atoms with van der Waals surface area (Å²) in [4.78, 5) is 5.25. The second-order valence-corrected chi connectivity index (χ2v) is 5.20. The molecular formula is C14H15FN2S. The number of aryl methyl sites for hydroxylation is 1. The van der Waals surface area contributed by atoms with E-state index in [0.29, 0.717) is 0 Å². The van der Waals surface area contributed by atoms with Crippen molar-refractivity contribution in [2.45, 2.75) is 17.9 Å². The number of hydrogen-bond donors (Lipinski definition) is 1. The van der Waals surface area contributed by atoms with E-state index >= 15 is 0 Å². The molecule has 1 aromatic carbocycles. The monoisotopic (exact) mass is 262 g/mol. The Labute approximate surface area is 110 Å². The summed E-state index contributed by atoms with van der Waals surface area (Å²) in [5, 5.41) is 0. The van der Waals surface area contributed by atoms with Gasteiger partial charge in [-0.15, -0.1) is 11.8 Å². The number of rotatable bonds is 4. The SMILES string of the molecule is Cc1ccc(C(N)CSc2ccc(F)cc2)cn1. The first-order valence-electron chi connectivity index (χ1n) is 5.71. The Morgan fingerprint density at radius 3 is 2.56 bits per heavy atom. The molecule has 2 nitrogen and oxygen atoms in total. The maximum atomic E-state index is 12.7. The van der Waals surface area contributed by atoms with Gasteiger partial charge in [0, 0.05) is 28.6 Å². The molecule has 94 valence electrons. The minimum absolute atomic E-state index is 0.0619. The molecular weight excluding hydrogens is 247 g/mol. The molecule has 4 heteroatoms. The first-order valence-corrected chi connectivity index (χ1v) is 6.70. The van der Waals surface area contributed by atoms with Crippen molar-refractivity contribution in [3.05, 3.63) is 59.7 Å². The van der Waals surface area contributed by atoms with Crippen LogP contribution in [0.15, 0.2) is 47.5 Å². The minimum Gasteiger partial charge on any atom is -0.323 e. The summed E-state index contributed by atoms with van der Waals surface area (Å²) in [6, 6.07) is 10.3. The molecule has 0 amide bonds. The zero-order chi connectivity index (χ0) is 13.0. The standard InChI is InChI=1S/C14H15FN2S/c1-10-2-3-11(8-17-10)14(16)9-18-13-6-4-12(15)5-7-13/h2-8,14H,9,16H2,1H3. The Balaban J connectivity index is 1.93. The van der Waals surface area contributed by atoms with Crippen LogP contribution in [0.2, 0.25) is 0 Å². The maximum Gasteiger partial charge on any atom is 0.123 e. The summed E-state index contributed by atoms with van der Waals surface area (Å²) in [6.45, 7) is 1.95. The van der Waals surface area contributed by atoms with Crippen LogP contribution in [-0.2, 0) is 0 Å². The molecule has 1 aromatic heterocycles. The quantitative estimate of drug-likeness (QED) is 0.859. The molecule has 0 radical (unpaired) electrons. The molecule has 2 N–H and O–H groups in total. The van der Waals surface area contributed by atoms with E-state index in [1.807, 2.05) is 25.3 Å². The Kier molecular flexibility index (Phi) is 4.33. The van der Waals surface area contributed by atoms with E-state index in [1.165, 1.54) is 12.1 Å². The molecule has 2 rings (SSSR count). The van der Waals surface area contributed by atoms with E-state index in [2.05, 4.69) is 4.98 Å². The number of hydrogen-bond acceptors (Lipinski definition) is 3. The van der Waals surface area contributed by atoms with Gasteiger partial charge in [-0.1, -0.05) is 6.07 Å². The van der Waals surface area contributed by atoms with Crippen LogP contribution in [0.3, 0.4) is 0 Å². The second-order valence-electron chi connectivity index (χ2n) is 4.10. The summed E-state index contributed by atoms with van der Waals surface area (Å²) in [7, 11) is 0. The fraction of sp³-hybridized carbons (Fsp3) is 0.214.